The first kappa shape index (κ1) is 8.30. The van der Waals surface area contributed by atoms with Gasteiger partial charge in [0.2, 0.25) is 0 Å². The van der Waals surface area contributed by atoms with E-state index in [2.05, 4.69) is 11.3 Å². The second-order valence-corrected chi connectivity index (χ2v) is 1.53. The number of hydrogen-bond acceptors (Lipinski definition) is 3. The molecule has 0 aromatic carbocycles. The maximum atomic E-state index is 8.45. The minimum atomic E-state index is -0.410. The van der Waals surface area contributed by atoms with E-state index >= 15 is 0 Å². The zero-order valence-electron chi connectivity index (χ0n) is 5.76. The first-order valence-electron chi connectivity index (χ1n) is 2.83. The van der Waals surface area contributed by atoms with Crippen LogP contribution in [0.5, 0.6) is 0 Å². The monoisotopic (exact) mass is 132 g/mol. The van der Waals surface area contributed by atoms with Crippen LogP contribution in [0.4, 0.5) is 0 Å². The highest BCUT2D eigenvalue weighted by molar-refractivity contribution is 4.62. The summed E-state index contributed by atoms with van der Waals surface area (Å²) in [5, 5.41) is 8.45. The Bertz CT molecular complexity index is 90.3. The van der Waals surface area contributed by atoms with E-state index in [0.29, 0.717) is 6.61 Å². The predicted octanol–water partition coefficient (Wildman–Crippen LogP) is 1.41. The minimum Gasteiger partial charge on any atom is -0.481 e. The van der Waals surface area contributed by atoms with Crippen molar-refractivity contribution in [1.82, 2.24) is 0 Å². The van der Waals surface area contributed by atoms with Crippen molar-refractivity contribution in [3.63, 3.8) is 0 Å². The Hall–Kier alpha value is -0.700. The van der Waals surface area contributed by atoms with Crippen LogP contribution in [-0.2, 0) is 9.47 Å². The van der Waals surface area contributed by atoms with E-state index in [9.17, 15) is 0 Å². The maximum Gasteiger partial charge on any atom is 0.271 e. The van der Waals surface area contributed by atoms with Crippen LogP contribution in [0.3, 0.4) is 0 Å². The van der Waals surface area contributed by atoms with Crippen molar-refractivity contribution in [1.29, 1.82) is 0 Å². The fourth-order valence-corrected chi connectivity index (χ4v) is 0.460. The molecule has 1 unspecified atom stereocenters. The van der Waals surface area contributed by atoms with Crippen molar-refractivity contribution >= 4 is 0 Å². The van der Waals surface area contributed by atoms with Crippen molar-refractivity contribution < 1.29 is 14.6 Å². The standard InChI is InChI=1S/C6H12O3/c1-4-8-6(3)9-5(2)7/h6-7H,2,4H2,1,3H3. The molecule has 9 heavy (non-hydrogen) atoms. The Kier molecular flexibility index (Phi) is 3.88. The molecule has 0 aromatic rings. The predicted molar refractivity (Wildman–Crippen MR) is 33.9 cm³/mol. The first-order valence-corrected chi connectivity index (χ1v) is 2.83. The molecule has 0 bridgehead atoms. The zero-order valence-corrected chi connectivity index (χ0v) is 5.76. The van der Waals surface area contributed by atoms with Gasteiger partial charge in [0, 0.05) is 6.61 Å². The molecule has 1 N–H and O–H groups in total. The van der Waals surface area contributed by atoms with Gasteiger partial charge >= 0.3 is 0 Å². The molecule has 0 amide bonds. The van der Waals surface area contributed by atoms with Gasteiger partial charge in [0.05, 0.1) is 0 Å². The van der Waals surface area contributed by atoms with Gasteiger partial charge in [0.25, 0.3) is 5.95 Å². The van der Waals surface area contributed by atoms with Crippen molar-refractivity contribution in [2.45, 2.75) is 20.1 Å². The van der Waals surface area contributed by atoms with Gasteiger partial charge in [-0.1, -0.05) is 0 Å². The van der Waals surface area contributed by atoms with Crippen LogP contribution >= 0.6 is 0 Å². The van der Waals surface area contributed by atoms with Gasteiger partial charge in [-0.05, 0) is 20.4 Å². The van der Waals surface area contributed by atoms with Gasteiger partial charge in [-0.2, -0.15) is 0 Å². The summed E-state index contributed by atoms with van der Waals surface area (Å²) >= 11 is 0. The third-order valence-electron chi connectivity index (χ3n) is 0.703. The Morgan fingerprint density at radius 1 is 1.78 bits per heavy atom. The van der Waals surface area contributed by atoms with E-state index in [0.717, 1.165) is 0 Å². The lowest BCUT2D eigenvalue weighted by Crippen LogP contribution is -2.11. The number of ether oxygens (including phenoxy) is 2. The number of rotatable bonds is 4. The quantitative estimate of drug-likeness (QED) is 0.464. The summed E-state index contributed by atoms with van der Waals surface area (Å²) < 4.78 is 9.54. The topological polar surface area (TPSA) is 38.7 Å². The summed E-state index contributed by atoms with van der Waals surface area (Å²) in [6.45, 7) is 7.23. The van der Waals surface area contributed by atoms with Crippen molar-refractivity contribution in [3.05, 3.63) is 12.5 Å². The molecule has 54 valence electrons. The molecule has 0 saturated heterocycles. The van der Waals surface area contributed by atoms with Gasteiger partial charge in [0.15, 0.2) is 6.29 Å². The summed E-state index contributed by atoms with van der Waals surface area (Å²) in [6, 6.07) is 0. The molecule has 0 aliphatic heterocycles. The average molecular weight is 132 g/mol. The molecule has 0 aromatic heterocycles. The van der Waals surface area contributed by atoms with Crippen LogP contribution in [0.25, 0.3) is 0 Å². The zero-order chi connectivity index (χ0) is 7.28. The summed E-state index contributed by atoms with van der Waals surface area (Å²) in [5.41, 5.74) is 0. The molecule has 3 heteroatoms. The largest absolute Gasteiger partial charge is 0.481 e. The van der Waals surface area contributed by atoms with Crippen LogP contribution in [0.1, 0.15) is 13.8 Å². The van der Waals surface area contributed by atoms with Crippen molar-refractivity contribution in [3.8, 4) is 0 Å². The highest BCUT2D eigenvalue weighted by Crippen LogP contribution is 1.96. The first-order chi connectivity index (χ1) is 4.16. The molecule has 3 nitrogen and oxygen atoms in total. The molecule has 0 radical (unpaired) electrons. The third-order valence-corrected chi connectivity index (χ3v) is 0.703. The molecule has 0 rings (SSSR count). The molecular formula is C6H12O3. The number of aliphatic hydroxyl groups is 1. The lowest BCUT2D eigenvalue weighted by Gasteiger charge is -2.11. The smallest absolute Gasteiger partial charge is 0.271 e. The molecule has 0 aliphatic carbocycles. The summed E-state index contributed by atoms with van der Waals surface area (Å²) in [5.74, 6) is -0.309. The van der Waals surface area contributed by atoms with Gasteiger partial charge in [-0.15, -0.1) is 0 Å². The molecule has 0 fully saturated rings. The third kappa shape index (κ3) is 5.17. The maximum absolute atomic E-state index is 8.45. The van der Waals surface area contributed by atoms with E-state index in [1.54, 1.807) is 6.92 Å². The summed E-state index contributed by atoms with van der Waals surface area (Å²) in [6.07, 6.45) is -0.410. The van der Waals surface area contributed by atoms with E-state index in [1.165, 1.54) is 0 Å². The Labute approximate surface area is 54.9 Å². The molecule has 0 spiro atoms. The van der Waals surface area contributed by atoms with Gasteiger partial charge in [0.1, 0.15) is 0 Å². The highest BCUT2D eigenvalue weighted by atomic mass is 16.7. The van der Waals surface area contributed by atoms with Crippen LogP contribution in [0, 0.1) is 0 Å². The van der Waals surface area contributed by atoms with E-state index < -0.39 is 6.29 Å². The van der Waals surface area contributed by atoms with Gasteiger partial charge < -0.3 is 14.6 Å². The Balaban J connectivity index is 3.26. The fraction of sp³-hybridized carbons (Fsp3) is 0.667. The SMILES string of the molecule is C=C(O)OC(C)OCC. The van der Waals surface area contributed by atoms with Gasteiger partial charge in [-0.3, -0.25) is 0 Å². The van der Waals surface area contributed by atoms with Crippen molar-refractivity contribution in [2.24, 2.45) is 0 Å². The summed E-state index contributed by atoms with van der Waals surface area (Å²) in [7, 11) is 0. The number of aliphatic hydroxyl groups excluding tert-OH is 1. The van der Waals surface area contributed by atoms with E-state index in [4.69, 9.17) is 9.84 Å². The lowest BCUT2D eigenvalue weighted by atomic mass is 10.7. The molecule has 0 saturated carbocycles. The molecular weight excluding hydrogens is 120 g/mol. The van der Waals surface area contributed by atoms with Crippen molar-refractivity contribution in [2.75, 3.05) is 6.61 Å². The van der Waals surface area contributed by atoms with E-state index in [-0.39, 0.29) is 5.95 Å². The highest BCUT2D eigenvalue weighted by Gasteiger charge is 1.99. The Morgan fingerprint density at radius 2 is 2.33 bits per heavy atom. The minimum absolute atomic E-state index is 0.309. The summed E-state index contributed by atoms with van der Waals surface area (Å²) in [4.78, 5) is 0. The second kappa shape index (κ2) is 4.21. The molecule has 0 heterocycles. The Morgan fingerprint density at radius 3 is 2.67 bits per heavy atom. The average Bonchev–Trinajstić information content (AvgIpc) is 1.63. The number of hydrogen-bond donors (Lipinski definition) is 1. The second-order valence-electron chi connectivity index (χ2n) is 1.53. The fourth-order valence-electron chi connectivity index (χ4n) is 0.460. The normalized spacial score (nSPS) is 12.7. The van der Waals surface area contributed by atoms with E-state index in [1.807, 2.05) is 6.92 Å². The van der Waals surface area contributed by atoms with Crippen LogP contribution in [0.15, 0.2) is 12.5 Å². The molecule has 1 atom stereocenters. The molecule has 0 aliphatic rings. The lowest BCUT2D eigenvalue weighted by molar-refractivity contribution is -0.125. The van der Waals surface area contributed by atoms with Gasteiger partial charge in [-0.25, -0.2) is 0 Å². The van der Waals surface area contributed by atoms with Crippen LogP contribution < -0.4 is 0 Å². The van der Waals surface area contributed by atoms with Crippen LogP contribution in [0.2, 0.25) is 0 Å². The van der Waals surface area contributed by atoms with Crippen LogP contribution in [-0.4, -0.2) is 18.0 Å².